The number of aliphatic hydroxyl groups is 1. The van der Waals surface area contributed by atoms with Gasteiger partial charge in [0.1, 0.15) is 0 Å². The Balaban J connectivity index is 1.70. The molecule has 3 aromatic rings. The zero-order chi connectivity index (χ0) is 15.1. The Bertz CT molecular complexity index is 856. The molecule has 1 aliphatic rings. The first-order valence-electron chi connectivity index (χ1n) is 7.21. The van der Waals surface area contributed by atoms with Crippen LogP contribution in [0.1, 0.15) is 27.6 Å². The van der Waals surface area contributed by atoms with Crippen LogP contribution in [0.4, 0.5) is 0 Å². The fourth-order valence-electron chi connectivity index (χ4n) is 3.00. The number of pyridine rings is 1. The summed E-state index contributed by atoms with van der Waals surface area (Å²) in [4.78, 5) is 14.5. The summed E-state index contributed by atoms with van der Waals surface area (Å²) in [6, 6.07) is 13.3. The van der Waals surface area contributed by atoms with Gasteiger partial charge in [0.05, 0.1) is 29.9 Å². The number of carbonyl (C=O) groups is 1. The highest BCUT2D eigenvalue weighted by molar-refractivity contribution is 6.00. The Morgan fingerprint density at radius 1 is 1.18 bits per heavy atom. The molecule has 0 aliphatic carbocycles. The second-order valence-corrected chi connectivity index (χ2v) is 5.49. The number of nitrogens with zero attached hydrogens (tertiary/aromatic N) is 3. The van der Waals surface area contributed by atoms with Crippen LogP contribution in [0.3, 0.4) is 0 Å². The predicted molar refractivity (Wildman–Crippen MR) is 81.3 cm³/mol. The maximum atomic E-state index is 12.8. The number of hydrogen-bond donors (Lipinski definition) is 1. The molecule has 22 heavy (non-hydrogen) atoms. The zero-order valence-electron chi connectivity index (χ0n) is 11.9. The second kappa shape index (κ2) is 4.96. The van der Waals surface area contributed by atoms with Crippen LogP contribution in [-0.2, 0) is 6.54 Å². The fraction of sp³-hybridized carbons (Fsp3) is 0.176. The third kappa shape index (κ3) is 1.98. The number of carbonyl (C=O) groups excluding carboxylic acids is 1. The molecule has 1 aromatic carbocycles. The molecule has 3 heterocycles. The van der Waals surface area contributed by atoms with Gasteiger partial charge in [-0.1, -0.05) is 30.3 Å². The number of aliphatic hydroxyl groups excluding tert-OH is 1. The first-order valence-corrected chi connectivity index (χ1v) is 7.21. The van der Waals surface area contributed by atoms with Gasteiger partial charge in [0.2, 0.25) is 0 Å². The molecule has 0 saturated carbocycles. The number of aromatic nitrogens is 2. The maximum absolute atomic E-state index is 12.8. The van der Waals surface area contributed by atoms with Gasteiger partial charge in [-0.25, -0.2) is 4.52 Å². The van der Waals surface area contributed by atoms with Crippen LogP contribution in [0.2, 0.25) is 0 Å². The van der Waals surface area contributed by atoms with E-state index in [2.05, 4.69) is 5.10 Å². The summed E-state index contributed by atoms with van der Waals surface area (Å²) in [6.45, 7) is 0.816. The molecule has 0 saturated heterocycles. The van der Waals surface area contributed by atoms with E-state index >= 15 is 0 Å². The van der Waals surface area contributed by atoms with Crippen LogP contribution in [0.5, 0.6) is 0 Å². The van der Waals surface area contributed by atoms with Gasteiger partial charge < -0.3 is 10.0 Å². The van der Waals surface area contributed by atoms with Crippen LogP contribution >= 0.6 is 0 Å². The number of benzene rings is 1. The highest BCUT2D eigenvalue weighted by Crippen LogP contribution is 2.27. The molecule has 1 aliphatic heterocycles. The highest BCUT2D eigenvalue weighted by atomic mass is 16.3. The van der Waals surface area contributed by atoms with Gasteiger partial charge in [0.15, 0.2) is 0 Å². The maximum Gasteiger partial charge on any atom is 0.258 e. The lowest BCUT2D eigenvalue weighted by atomic mass is 9.97. The largest absolute Gasteiger partial charge is 0.387 e. The Morgan fingerprint density at radius 2 is 2.00 bits per heavy atom. The minimum absolute atomic E-state index is 0.102. The number of hydrogen-bond acceptors (Lipinski definition) is 3. The summed E-state index contributed by atoms with van der Waals surface area (Å²) in [7, 11) is 0. The average Bonchev–Trinajstić information content (AvgIpc) is 2.98. The van der Waals surface area contributed by atoms with Crippen molar-refractivity contribution in [3.8, 4) is 0 Å². The average molecular weight is 293 g/mol. The summed E-state index contributed by atoms with van der Waals surface area (Å²) in [6.07, 6.45) is 2.76. The minimum atomic E-state index is -0.643. The molecule has 1 N–H and O–H groups in total. The molecular formula is C17H15N3O2. The minimum Gasteiger partial charge on any atom is -0.387 e. The van der Waals surface area contributed by atoms with Gasteiger partial charge in [-0.3, -0.25) is 4.79 Å². The molecule has 0 unspecified atom stereocenters. The lowest BCUT2D eigenvalue weighted by molar-refractivity contribution is 0.0552. The number of β-amino-alcohol motifs (C(OH)–C–C–N with tert-alkyl or cyclic N) is 1. The normalized spacial score (nSPS) is 17.5. The zero-order valence-corrected chi connectivity index (χ0v) is 11.9. The Morgan fingerprint density at radius 3 is 2.91 bits per heavy atom. The smallest absolute Gasteiger partial charge is 0.258 e. The first kappa shape index (κ1) is 13.0. The van der Waals surface area contributed by atoms with Gasteiger partial charge in [-0.2, -0.15) is 5.10 Å². The highest BCUT2D eigenvalue weighted by Gasteiger charge is 2.28. The van der Waals surface area contributed by atoms with E-state index in [9.17, 15) is 9.90 Å². The van der Waals surface area contributed by atoms with Crippen molar-refractivity contribution in [2.45, 2.75) is 12.6 Å². The van der Waals surface area contributed by atoms with Gasteiger partial charge >= 0.3 is 0 Å². The van der Waals surface area contributed by atoms with Gasteiger partial charge in [0, 0.05) is 12.7 Å². The summed E-state index contributed by atoms with van der Waals surface area (Å²) in [5.74, 6) is -0.102. The van der Waals surface area contributed by atoms with Crippen molar-refractivity contribution < 1.29 is 9.90 Å². The van der Waals surface area contributed by atoms with Crippen molar-refractivity contribution in [3.63, 3.8) is 0 Å². The summed E-state index contributed by atoms with van der Waals surface area (Å²) >= 11 is 0. The van der Waals surface area contributed by atoms with E-state index in [1.54, 1.807) is 15.6 Å². The molecule has 1 amide bonds. The molecule has 110 valence electrons. The van der Waals surface area contributed by atoms with Crippen molar-refractivity contribution in [2.75, 3.05) is 6.54 Å². The predicted octanol–water partition coefficient (Wildman–Crippen LogP) is 2.02. The van der Waals surface area contributed by atoms with E-state index in [-0.39, 0.29) is 5.91 Å². The standard InChI is InChI=1S/C17H15N3O2/c21-16-11-19(10-12-5-1-2-6-13(12)16)17(22)14-9-18-20-8-4-3-7-15(14)20/h1-9,16,21H,10-11H2/t16-/m0/s1. The lowest BCUT2D eigenvalue weighted by Gasteiger charge is -2.32. The van der Waals surface area contributed by atoms with Crippen LogP contribution in [-0.4, -0.2) is 32.1 Å². The van der Waals surface area contributed by atoms with Crippen molar-refractivity contribution in [3.05, 3.63) is 71.5 Å². The summed E-state index contributed by atoms with van der Waals surface area (Å²) < 4.78 is 1.68. The van der Waals surface area contributed by atoms with E-state index < -0.39 is 6.10 Å². The SMILES string of the molecule is O=C(c1cnn2ccccc12)N1Cc2ccccc2[C@@H](O)C1. The lowest BCUT2D eigenvalue weighted by Crippen LogP contribution is -2.38. The molecule has 0 spiro atoms. The molecule has 0 bridgehead atoms. The Hall–Kier alpha value is -2.66. The Labute approximate surface area is 127 Å². The molecule has 0 radical (unpaired) electrons. The second-order valence-electron chi connectivity index (χ2n) is 5.49. The van der Waals surface area contributed by atoms with Gasteiger partial charge in [0.25, 0.3) is 5.91 Å². The number of fused-ring (bicyclic) bond motifs is 2. The van der Waals surface area contributed by atoms with Crippen LogP contribution in [0.15, 0.2) is 54.9 Å². The molecule has 5 nitrogen and oxygen atoms in total. The topological polar surface area (TPSA) is 57.8 Å². The summed E-state index contributed by atoms with van der Waals surface area (Å²) in [5.41, 5.74) is 3.24. The first-order chi connectivity index (χ1) is 10.7. The molecule has 5 heteroatoms. The number of amides is 1. The fourth-order valence-corrected chi connectivity index (χ4v) is 3.00. The van der Waals surface area contributed by atoms with Gasteiger partial charge in [-0.15, -0.1) is 0 Å². The van der Waals surface area contributed by atoms with Crippen molar-refractivity contribution in [2.24, 2.45) is 0 Å². The molecule has 1 atom stereocenters. The third-order valence-corrected chi connectivity index (χ3v) is 4.11. The van der Waals surface area contributed by atoms with E-state index in [0.717, 1.165) is 16.6 Å². The van der Waals surface area contributed by atoms with E-state index in [0.29, 0.717) is 18.7 Å². The molecule has 2 aromatic heterocycles. The van der Waals surface area contributed by atoms with E-state index in [4.69, 9.17) is 0 Å². The van der Waals surface area contributed by atoms with Crippen LogP contribution in [0.25, 0.3) is 5.52 Å². The van der Waals surface area contributed by atoms with Crippen LogP contribution < -0.4 is 0 Å². The quantitative estimate of drug-likeness (QED) is 0.747. The van der Waals surface area contributed by atoms with Gasteiger partial charge in [-0.05, 0) is 23.3 Å². The van der Waals surface area contributed by atoms with Crippen molar-refractivity contribution >= 4 is 11.4 Å². The van der Waals surface area contributed by atoms with Crippen LogP contribution in [0, 0.1) is 0 Å². The Kier molecular flexibility index (Phi) is 2.94. The molecular weight excluding hydrogens is 278 g/mol. The van der Waals surface area contributed by atoms with E-state index in [1.165, 1.54) is 0 Å². The van der Waals surface area contributed by atoms with Crippen molar-refractivity contribution in [1.29, 1.82) is 0 Å². The molecule has 0 fully saturated rings. The molecule has 4 rings (SSSR count). The summed E-state index contributed by atoms with van der Waals surface area (Å²) in [5, 5.41) is 14.5. The van der Waals surface area contributed by atoms with E-state index in [1.807, 2.05) is 48.7 Å². The number of rotatable bonds is 1. The monoisotopic (exact) mass is 293 g/mol. The van der Waals surface area contributed by atoms with Crippen molar-refractivity contribution in [1.82, 2.24) is 14.5 Å². The third-order valence-electron chi connectivity index (χ3n) is 4.11.